The van der Waals surface area contributed by atoms with E-state index in [4.69, 9.17) is 23.2 Å². The first-order valence-electron chi connectivity index (χ1n) is 4.64. The van der Waals surface area contributed by atoms with Gasteiger partial charge in [0.1, 0.15) is 0 Å². The van der Waals surface area contributed by atoms with Crippen LogP contribution in [0.4, 0.5) is 0 Å². The molecule has 1 rings (SSSR count). The highest BCUT2D eigenvalue weighted by Crippen LogP contribution is 2.36. The Morgan fingerprint density at radius 1 is 1.43 bits per heavy atom. The van der Waals surface area contributed by atoms with Crippen LogP contribution in [0.3, 0.4) is 0 Å². The zero-order chi connectivity index (χ0) is 10.7. The van der Waals surface area contributed by atoms with E-state index < -0.39 is 0 Å². The van der Waals surface area contributed by atoms with Crippen LogP contribution < -0.4 is 0 Å². The van der Waals surface area contributed by atoms with E-state index in [0.717, 1.165) is 21.5 Å². The molecule has 0 aliphatic carbocycles. The van der Waals surface area contributed by atoms with E-state index in [1.807, 2.05) is 12.1 Å². The molecular weight excluding hydrogens is 283 g/mol. The molecule has 0 fully saturated rings. The average molecular weight is 296 g/mol. The van der Waals surface area contributed by atoms with Gasteiger partial charge in [-0.3, -0.25) is 0 Å². The van der Waals surface area contributed by atoms with Gasteiger partial charge in [0.15, 0.2) is 0 Å². The minimum Gasteiger partial charge on any atom is -0.121 e. The molecule has 0 saturated heterocycles. The second-order valence-corrected chi connectivity index (χ2v) is 4.88. The quantitative estimate of drug-likeness (QED) is 0.659. The van der Waals surface area contributed by atoms with Gasteiger partial charge >= 0.3 is 0 Å². The Bertz CT molecular complexity index is 323. The molecule has 0 aromatic heterocycles. The topological polar surface area (TPSA) is 0 Å². The summed E-state index contributed by atoms with van der Waals surface area (Å²) < 4.78 is 1.07. The Labute approximate surface area is 104 Å². The van der Waals surface area contributed by atoms with Gasteiger partial charge in [-0.15, -0.1) is 11.6 Å². The third-order valence-corrected chi connectivity index (χ3v) is 3.88. The van der Waals surface area contributed by atoms with E-state index in [9.17, 15) is 0 Å². The molecule has 0 spiro atoms. The second kappa shape index (κ2) is 5.39. The lowest BCUT2D eigenvalue weighted by Gasteiger charge is -2.15. The first-order valence-corrected chi connectivity index (χ1v) is 6.35. The molecule has 0 N–H and O–H groups in total. The van der Waals surface area contributed by atoms with Gasteiger partial charge in [0.05, 0.1) is 0 Å². The molecule has 1 unspecified atom stereocenters. The van der Waals surface area contributed by atoms with Crippen molar-refractivity contribution in [3.63, 3.8) is 0 Å². The molecular formula is C11H13BrCl2. The van der Waals surface area contributed by atoms with Gasteiger partial charge in [0.25, 0.3) is 0 Å². The smallest absolute Gasteiger partial charge is 0.0496 e. The van der Waals surface area contributed by atoms with Crippen molar-refractivity contribution in [2.24, 2.45) is 0 Å². The summed E-state index contributed by atoms with van der Waals surface area (Å²) >= 11 is 15.6. The first kappa shape index (κ1) is 12.4. The summed E-state index contributed by atoms with van der Waals surface area (Å²) in [5, 5.41) is 0.809. The number of alkyl halides is 1. The maximum atomic E-state index is 6.27. The lowest BCUT2D eigenvalue weighted by atomic mass is 9.97. The van der Waals surface area contributed by atoms with Gasteiger partial charge in [-0.2, -0.15) is 0 Å². The van der Waals surface area contributed by atoms with Gasteiger partial charge in [-0.25, -0.2) is 0 Å². The zero-order valence-electron chi connectivity index (χ0n) is 8.28. The van der Waals surface area contributed by atoms with Crippen LogP contribution in [0, 0.1) is 0 Å². The van der Waals surface area contributed by atoms with Crippen LogP contribution in [0.5, 0.6) is 0 Å². The molecule has 3 heteroatoms. The first-order chi connectivity index (χ1) is 6.61. The van der Waals surface area contributed by atoms with Crippen molar-refractivity contribution in [1.29, 1.82) is 0 Å². The molecule has 1 aromatic carbocycles. The van der Waals surface area contributed by atoms with Gasteiger partial charge in [-0.05, 0) is 29.5 Å². The predicted molar refractivity (Wildman–Crippen MR) is 67.4 cm³/mol. The number of hydrogen-bond acceptors (Lipinski definition) is 0. The van der Waals surface area contributed by atoms with Crippen molar-refractivity contribution in [3.05, 3.63) is 32.8 Å². The summed E-state index contributed by atoms with van der Waals surface area (Å²) in [6.07, 6.45) is 1.07. The van der Waals surface area contributed by atoms with Gasteiger partial charge in [0.2, 0.25) is 0 Å². The Morgan fingerprint density at radius 3 is 2.57 bits per heavy atom. The monoisotopic (exact) mass is 294 g/mol. The summed E-state index contributed by atoms with van der Waals surface area (Å²) in [5.41, 5.74) is 2.18. The van der Waals surface area contributed by atoms with Crippen LogP contribution in [-0.4, -0.2) is 0 Å². The molecule has 14 heavy (non-hydrogen) atoms. The third kappa shape index (κ3) is 2.44. The molecule has 0 heterocycles. The van der Waals surface area contributed by atoms with Crippen molar-refractivity contribution in [2.75, 3.05) is 0 Å². The van der Waals surface area contributed by atoms with Crippen molar-refractivity contribution in [3.8, 4) is 0 Å². The molecule has 0 bridgehead atoms. The Kier molecular flexibility index (Phi) is 4.75. The van der Waals surface area contributed by atoms with Gasteiger partial charge in [-0.1, -0.05) is 47.4 Å². The van der Waals surface area contributed by atoms with Crippen LogP contribution in [0.15, 0.2) is 16.6 Å². The van der Waals surface area contributed by atoms with Crippen molar-refractivity contribution in [2.45, 2.75) is 32.1 Å². The molecule has 0 nitrogen and oxygen atoms in total. The second-order valence-electron chi connectivity index (χ2n) is 3.38. The van der Waals surface area contributed by atoms with Crippen LogP contribution in [0.1, 0.15) is 37.3 Å². The fraction of sp³-hybridized carbons (Fsp3) is 0.455. The maximum Gasteiger partial charge on any atom is 0.0496 e. The van der Waals surface area contributed by atoms with E-state index in [1.54, 1.807) is 0 Å². The van der Waals surface area contributed by atoms with Crippen LogP contribution >= 0.6 is 39.1 Å². The Balaban J connectivity index is 3.25. The number of halogens is 3. The molecule has 0 radical (unpaired) electrons. The van der Waals surface area contributed by atoms with Gasteiger partial charge in [0, 0.05) is 15.4 Å². The molecule has 1 aromatic rings. The fourth-order valence-corrected chi connectivity index (χ4v) is 2.92. The molecule has 0 amide bonds. The van der Waals surface area contributed by atoms with E-state index in [2.05, 4.69) is 29.8 Å². The number of rotatable bonds is 3. The van der Waals surface area contributed by atoms with E-state index in [1.165, 1.54) is 5.56 Å². The molecule has 78 valence electrons. The zero-order valence-corrected chi connectivity index (χ0v) is 11.4. The maximum absolute atomic E-state index is 6.27. The Morgan fingerprint density at radius 2 is 2.07 bits per heavy atom. The lowest BCUT2D eigenvalue weighted by molar-refractivity contribution is 0.729. The highest BCUT2D eigenvalue weighted by molar-refractivity contribution is 9.10. The van der Waals surface area contributed by atoms with Crippen LogP contribution in [-0.2, 0) is 5.88 Å². The highest BCUT2D eigenvalue weighted by Gasteiger charge is 2.14. The van der Waals surface area contributed by atoms with Crippen molar-refractivity contribution < 1.29 is 0 Å². The summed E-state index contributed by atoms with van der Waals surface area (Å²) in [5.74, 6) is 0.926. The summed E-state index contributed by atoms with van der Waals surface area (Å²) in [6, 6.07) is 3.98. The van der Waals surface area contributed by atoms with Crippen LogP contribution in [0.25, 0.3) is 0 Å². The van der Waals surface area contributed by atoms with E-state index in [-0.39, 0.29) is 0 Å². The SMILES string of the molecule is CCC(C)c1c(Br)ccc(CCl)c1Cl. The molecule has 0 aliphatic heterocycles. The summed E-state index contributed by atoms with van der Waals surface area (Å²) in [4.78, 5) is 0. The minimum absolute atomic E-state index is 0.458. The molecule has 0 aliphatic rings. The standard InChI is InChI=1S/C11H13BrCl2/c1-3-7(2)10-9(12)5-4-8(6-13)11(10)14/h4-5,7H,3,6H2,1-2H3. The van der Waals surface area contributed by atoms with Crippen LogP contribution in [0.2, 0.25) is 5.02 Å². The Hall–Kier alpha value is 0.280. The van der Waals surface area contributed by atoms with E-state index in [0.29, 0.717) is 11.8 Å². The van der Waals surface area contributed by atoms with E-state index >= 15 is 0 Å². The average Bonchev–Trinajstić information content (AvgIpc) is 2.18. The summed E-state index contributed by atoms with van der Waals surface area (Å²) in [6.45, 7) is 4.32. The van der Waals surface area contributed by atoms with Crippen molar-refractivity contribution in [1.82, 2.24) is 0 Å². The van der Waals surface area contributed by atoms with Gasteiger partial charge < -0.3 is 0 Å². The summed E-state index contributed by atoms with van der Waals surface area (Å²) in [7, 11) is 0. The minimum atomic E-state index is 0.458. The highest BCUT2D eigenvalue weighted by atomic mass is 79.9. The number of hydrogen-bond donors (Lipinski definition) is 0. The fourth-order valence-electron chi connectivity index (χ4n) is 1.37. The third-order valence-electron chi connectivity index (χ3n) is 2.46. The molecule has 1 atom stereocenters. The van der Waals surface area contributed by atoms with Crippen molar-refractivity contribution >= 4 is 39.1 Å². The number of benzene rings is 1. The lowest BCUT2D eigenvalue weighted by Crippen LogP contribution is -1.97. The molecule has 0 saturated carbocycles. The largest absolute Gasteiger partial charge is 0.121 e. The predicted octanol–water partition coefficient (Wildman–Crippen LogP) is 5.35. The normalized spacial score (nSPS) is 12.9.